The number of carbonyl (C=O) groups is 2. The van der Waals surface area contributed by atoms with Crippen LogP contribution in [0.5, 0.6) is 0 Å². The van der Waals surface area contributed by atoms with Gasteiger partial charge in [0.15, 0.2) is 11.6 Å². The highest BCUT2D eigenvalue weighted by atomic mass is 32.2. The molecule has 4 saturated heterocycles. The molecule has 0 spiro atoms. The first-order valence-corrected chi connectivity index (χ1v) is 12.2. The number of thioether (sulfide) groups is 1. The third-order valence-electron chi connectivity index (χ3n) is 6.92. The number of anilines is 2. The third-order valence-corrected chi connectivity index (χ3v) is 8.25. The molecule has 2 unspecified atom stereocenters. The zero-order valence-corrected chi connectivity index (χ0v) is 18.1. The molecular weight excluding hydrogens is 424 g/mol. The number of amides is 2. The molecule has 1 saturated carbocycles. The van der Waals surface area contributed by atoms with Crippen LogP contribution < -0.4 is 15.1 Å². The number of fused-ring (bicyclic) bond motifs is 4. The topological polar surface area (TPSA) is 61.9 Å². The summed E-state index contributed by atoms with van der Waals surface area (Å²) >= 11 is 1.86. The van der Waals surface area contributed by atoms with Crippen LogP contribution in [0.2, 0.25) is 0 Å². The normalized spacial score (nSPS) is 28.3. The van der Waals surface area contributed by atoms with Crippen molar-refractivity contribution in [1.29, 1.82) is 0 Å². The molecule has 1 N–H and O–H groups in total. The fourth-order valence-electron chi connectivity index (χ4n) is 4.91. The van der Waals surface area contributed by atoms with Gasteiger partial charge in [-0.25, -0.2) is 13.6 Å². The molecule has 1 aromatic carbocycles. The van der Waals surface area contributed by atoms with E-state index in [-0.39, 0.29) is 42.3 Å². The van der Waals surface area contributed by atoms with Gasteiger partial charge in [0.05, 0.1) is 18.8 Å². The van der Waals surface area contributed by atoms with E-state index in [1.54, 1.807) is 0 Å². The predicted octanol–water partition coefficient (Wildman–Crippen LogP) is 3.54. The molecule has 5 aliphatic rings. The maximum Gasteiger partial charge on any atom is 0.414 e. The van der Waals surface area contributed by atoms with Gasteiger partial charge in [0.2, 0.25) is 5.91 Å². The number of rotatable bonds is 5. The van der Waals surface area contributed by atoms with E-state index in [4.69, 9.17) is 4.74 Å². The molecule has 31 heavy (non-hydrogen) atoms. The highest BCUT2D eigenvalue weighted by Crippen LogP contribution is 2.39. The van der Waals surface area contributed by atoms with Gasteiger partial charge >= 0.3 is 6.09 Å². The Hall–Kier alpha value is -2.03. The molecule has 0 aromatic heterocycles. The molecule has 5 fully saturated rings. The van der Waals surface area contributed by atoms with E-state index in [1.165, 1.54) is 17.0 Å². The number of nitrogens with one attached hydrogen (secondary N) is 1. The quantitative estimate of drug-likeness (QED) is 0.742. The van der Waals surface area contributed by atoms with Crippen molar-refractivity contribution < 1.29 is 23.1 Å². The molecule has 4 heterocycles. The van der Waals surface area contributed by atoms with Crippen LogP contribution in [0.4, 0.5) is 25.0 Å². The molecule has 1 aliphatic carbocycles. The molecule has 6 rings (SSSR count). The maximum atomic E-state index is 15.1. The number of hydrogen-bond acceptors (Lipinski definition) is 5. The third kappa shape index (κ3) is 4.08. The number of benzene rings is 1. The highest BCUT2D eigenvalue weighted by Gasteiger charge is 2.37. The number of cyclic esters (lactones) is 1. The minimum absolute atomic E-state index is 0.0119. The Balaban J connectivity index is 1.28. The summed E-state index contributed by atoms with van der Waals surface area (Å²) in [5.74, 6) is 1.09. The van der Waals surface area contributed by atoms with E-state index in [0.29, 0.717) is 12.5 Å². The van der Waals surface area contributed by atoms with Crippen LogP contribution in [0.15, 0.2) is 12.1 Å². The number of carbonyl (C=O) groups excluding carboxylic acids is 2. The Morgan fingerprint density at radius 3 is 2.61 bits per heavy atom. The zero-order chi connectivity index (χ0) is 21.5. The lowest BCUT2D eigenvalue weighted by molar-refractivity contribution is -0.127. The molecule has 168 valence electrons. The molecule has 9 heteroatoms. The Bertz CT molecular complexity index is 855. The van der Waals surface area contributed by atoms with Crippen LogP contribution in [0, 0.1) is 23.5 Å². The molecule has 1 aromatic rings. The van der Waals surface area contributed by atoms with Gasteiger partial charge in [-0.3, -0.25) is 9.69 Å². The molecule has 0 radical (unpaired) electrons. The Labute approximate surface area is 184 Å². The van der Waals surface area contributed by atoms with Gasteiger partial charge in [-0.05, 0) is 37.4 Å². The lowest BCUT2D eigenvalue weighted by atomic mass is 9.85. The molecule has 3 atom stereocenters. The van der Waals surface area contributed by atoms with Gasteiger partial charge in [-0.1, -0.05) is 6.42 Å². The van der Waals surface area contributed by atoms with Crippen molar-refractivity contribution in [1.82, 2.24) is 5.32 Å². The van der Waals surface area contributed by atoms with E-state index in [1.807, 2.05) is 16.7 Å². The van der Waals surface area contributed by atoms with Crippen LogP contribution >= 0.6 is 11.8 Å². The Morgan fingerprint density at radius 2 is 1.90 bits per heavy atom. The van der Waals surface area contributed by atoms with Gasteiger partial charge in [0.25, 0.3) is 0 Å². The summed E-state index contributed by atoms with van der Waals surface area (Å²) in [6.45, 7) is 1.02. The first kappa shape index (κ1) is 20.8. The van der Waals surface area contributed by atoms with Gasteiger partial charge in [0, 0.05) is 36.4 Å². The van der Waals surface area contributed by atoms with Gasteiger partial charge < -0.3 is 15.0 Å². The summed E-state index contributed by atoms with van der Waals surface area (Å²) < 4.78 is 35.5. The summed E-state index contributed by atoms with van der Waals surface area (Å²) in [5.41, 5.74) is 0.156. The van der Waals surface area contributed by atoms with Crippen molar-refractivity contribution in [3.63, 3.8) is 0 Å². The minimum Gasteiger partial charge on any atom is -0.442 e. The van der Waals surface area contributed by atoms with Crippen molar-refractivity contribution in [2.24, 2.45) is 11.8 Å². The Kier molecular flexibility index (Phi) is 5.71. The van der Waals surface area contributed by atoms with Gasteiger partial charge in [-0.2, -0.15) is 11.8 Å². The molecular formula is C22H27F2N3O3S. The second-order valence-electron chi connectivity index (χ2n) is 9.03. The number of ether oxygens (including phenoxy) is 1. The van der Waals surface area contributed by atoms with E-state index in [9.17, 15) is 9.59 Å². The van der Waals surface area contributed by atoms with Gasteiger partial charge in [-0.15, -0.1) is 0 Å². The molecule has 2 bridgehead atoms. The second-order valence-corrected chi connectivity index (χ2v) is 10.1. The summed E-state index contributed by atoms with van der Waals surface area (Å²) in [7, 11) is 0. The number of hydrogen-bond donors (Lipinski definition) is 1. The predicted molar refractivity (Wildman–Crippen MR) is 116 cm³/mol. The van der Waals surface area contributed by atoms with Crippen molar-refractivity contribution in [3.8, 4) is 0 Å². The average Bonchev–Trinajstić information content (AvgIpc) is 2.84. The number of piperidine rings is 1. The summed E-state index contributed by atoms with van der Waals surface area (Å²) in [4.78, 5) is 27.4. The van der Waals surface area contributed by atoms with E-state index in [0.717, 1.165) is 43.6 Å². The van der Waals surface area contributed by atoms with Crippen molar-refractivity contribution in [2.75, 3.05) is 40.9 Å². The van der Waals surface area contributed by atoms with E-state index >= 15 is 8.78 Å². The first-order chi connectivity index (χ1) is 15.0. The zero-order valence-electron chi connectivity index (χ0n) is 17.3. The largest absolute Gasteiger partial charge is 0.442 e. The molecule has 2 amide bonds. The SMILES string of the molecule is O=C(NC[C@H]1CN(c2cc(F)c(N3CC4CCC3CSC4)c(F)c2)C(=O)O1)C1CCC1. The monoisotopic (exact) mass is 451 g/mol. The highest BCUT2D eigenvalue weighted by molar-refractivity contribution is 7.99. The van der Waals surface area contributed by atoms with Crippen molar-refractivity contribution in [2.45, 2.75) is 44.2 Å². The smallest absolute Gasteiger partial charge is 0.414 e. The van der Waals surface area contributed by atoms with Crippen LogP contribution in [-0.4, -0.2) is 55.3 Å². The summed E-state index contributed by atoms with van der Waals surface area (Å²) in [6, 6.07) is 2.58. The lowest BCUT2D eigenvalue weighted by Gasteiger charge is -2.38. The second kappa shape index (κ2) is 8.48. The standard InChI is InChI=1S/C22H27F2N3O3S/c23-18-6-16(7-19(24)20(18)26-9-13-4-5-15(26)12-31-11-13)27-10-17(30-22(27)29)8-25-21(28)14-2-1-3-14/h6-7,13-15,17H,1-5,8-12H2,(H,25,28)/t13?,15?,17-/m0/s1. The van der Waals surface area contributed by atoms with Crippen LogP contribution in [-0.2, 0) is 9.53 Å². The van der Waals surface area contributed by atoms with Crippen molar-refractivity contribution >= 4 is 35.1 Å². The minimum atomic E-state index is -0.653. The maximum absolute atomic E-state index is 15.1. The number of halogens is 2. The van der Waals surface area contributed by atoms with Crippen molar-refractivity contribution in [3.05, 3.63) is 23.8 Å². The average molecular weight is 452 g/mol. The fraction of sp³-hybridized carbons (Fsp3) is 0.636. The molecule has 6 nitrogen and oxygen atoms in total. The Morgan fingerprint density at radius 1 is 1.13 bits per heavy atom. The van der Waals surface area contributed by atoms with E-state index < -0.39 is 23.8 Å². The van der Waals surface area contributed by atoms with E-state index in [2.05, 4.69) is 5.32 Å². The summed E-state index contributed by atoms with van der Waals surface area (Å²) in [6.07, 6.45) is 3.71. The van der Waals surface area contributed by atoms with Gasteiger partial charge in [0.1, 0.15) is 11.8 Å². The van der Waals surface area contributed by atoms with Crippen LogP contribution in [0.25, 0.3) is 0 Å². The first-order valence-electron chi connectivity index (χ1n) is 11.1. The molecule has 4 aliphatic heterocycles. The summed E-state index contributed by atoms with van der Waals surface area (Å²) in [5, 5.41) is 2.82. The van der Waals surface area contributed by atoms with Crippen LogP contribution in [0.3, 0.4) is 0 Å². The lowest BCUT2D eigenvalue weighted by Crippen LogP contribution is -2.44. The fourth-order valence-corrected chi connectivity index (χ4v) is 6.27. The number of nitrogens with zero attached hydrogens (tertiary/aromatic N) is 2. The van der Waals surface area contributed by atoms with Crippen LogP contribution in [0.1, 0.15) is 32.1 Å².